The maximum atomic E-state index is 10.2. The maximum Gasteiger partial charge on any atom is 0.346 e. The minimum Gasteiger partial charge on any atom is -0.775 e. The predicted octanol–water partition coefficient (Wildman–Crippen LogP) is 2.73. The second kappa shape index (κ2) is 5.72. The minimum atomic E-state index is 0.110. The molecule has 0 unspecified atom stereocenters. The highest BCUT2D eigenvalue weighted by atomic mass is 16.5. The van der Waals surface area contributed by atoms with Gasteiger partial charge in [0.05, 0.1) is 0 Å². The molecule has 18 heavy (non-hydrogen) atoms. The summed E-state index contributed by atoms with van der Waals surface area (Å²) in [4.78, 5) is 0. The van der Waals surface area contributed by atoms with Gasteiger partial charge in [0.2, 0.25) is 5.27 Å². The van der Waals surface area contributed by atoms with Crippen molar-refractivity contribution in [2.24, 2.45) is 10.4 Å². The number of rotatable bonds is 4. The molecule has 0 saturated heterocycles. The van der Waals surface area contributed by atoms with E-state index in [0.29, 0.717) is 12.2 Å². The highest BCUT2D eigenvalue weighted by molar-refractivity contribution is 5.69. The fraction of sp³-hybridized carbons (Fsp3) is 0.167. The lowest BCUT2D eigenvalue weighted by Crippen LogP contribution is -2.36. The van der Waals surface area contributed by atoms with Gasteiger partial charge in [0, 0.05) is 6.08 Å². The van der Waals surface area contributed by atoms with Crippen molar-refractivity contribution < 1.29 is 9.20 Å². The number of nitrogens with zero attached hydrogens (tertiary/aromatic N) is 4. The van der Waals surface area contributed by atoms with E-state index in [4.69, 9.17) is 4.52 Å². The summed E-state index contributed by atoms with van der Waals surface area (Å²) in [6, 6.07) is 9.77. The third-order valence-corrected chi connectivity index (χ3v) is 2.39. The standard InChI is InChI=1S/C12H12N4O2/c1-2-16-11(12(13-14-17)18-15-16)9-8-10-6-4-3-5-7-10/h3-9H,2H2,1H3/b9-8+. The van der Waals surface area contributed by atoms with Crippen molar-refractivity contribution in [1.82, 2.24) is 5.27 Å². The molecule has 0 aliphatic heterocycles. The van der Waals surface area contributed by atoms with Crippen molar-refractivity contribution >= 4 is 18.0 Å². The normalized spacial score (nSPS) is 11.6. The summed E-state index contributed by atoms with van der Waals surface area (Å²) in [5.74, 6) is 0.110. The molecule has 0 N–H and O–H groups in total. The number of aromatic nitrogens is 2. The van der Waals surface area contributed by atoms with Gasteiger partial charge >= 0.3 is 11.6 Å². The molecule has 0 radical (unpaired) electrons. The molecule has 2 rings (SSSR count). The molecule has 1 aromatic heterocycles. The van der Waals surface area contributed by atoms with E-state index in [1.54, 1.807) is 10.8 Å². The number of aryl methyl sites for hydroxylation is 1. The predicted molar refractivity (Wildman–Crippen MR) is 65.6 cm³/mol. The van der Waals surface area contributed by atoms with E-state index in [-0.39, 0.29) is 5.88 Å². The lowest BCUT2D eigenvalue weighted by Gasteiger charge is -1.90. The topological polar surface area (TPSA) is 77.7 Å². The molecule has 1 heterocycles. The van der Waals surface area contributed by atoms with Gasteiger partial charge in [-0.1, -0.05) is 30.3 Å². The molecule has 0 saturated carbocycles. The Balaban J connectivity index is 2.32. The van der Waals surface area contributed by atoms with Crippen molar-refractivity contribution in [3.8, 4) is 0 Å². The third kappa shape index (κ3) is 2.60. The van der Waals surface area contributed by atoms with E-state index < -0.39 is 0 Å². The first-order chi connectivity index (χ1) is 8.85. The summed E-state index contributed by atoms with van der Waals surface area (Å²) < 4.78 is 6.52. The van der Waals surface area contributed by atoms with Gasteiger partial charge in [-0.15, -0.1) is 5.11 Å². The van der Waals surface area contributed by atoms with E-state index in [2.05, 4.69) is 15.7 Å². The van der Waals surface area contributed by atoms with Gasteiger partial charge in [-0.25, -0.2) is 5.28 Å². The first kappa shape index (κ1) is 12.0. The van der Waals surface area contributed by atoms with E-state index in [1.807, 2.05) is 43.3 Å². The van der Waals surface area contributed by atoms with Crippen LogP contribution in [0.3, 0.4) is 0 Å². The molecule has 0 aliphatic carbocycles. The molecule has 6 nitrogen and oxygen atoms in total. The van der Waals surface area contributed by atoms with Crippen molar-refractivity contribution in [1.29, 1.82) is 0 Å². The Labute approximate surface area is 104 Å². The summed E-state index contributed by atoms with van der Waals surface area (Å²) in [5, 5.41) is 19.7. The molecule has 2 aromatic rings. The van der Waals surface area contributed by atoms with Crippen molar-refractivity contribution in [2.75, 3.05) is 0 Å². The lowest BCUT2D eigenvalue weighted by molar-refractivity contribution is -0.760. The molecule has 6 heteroatoms. The van der Waals surface area contributed by atoms with Gasteiger partial charge in [-0.05, 0) is 23.2 Å². The van der Waals surface area contributed by atoms with Crippen LogP contribution in [0.1, 0.15) is 18.2 Å². The molecular weight excluding hydrogens is 232 g/mol. The lowest BCUT2D eigenvalue weighted by atomic mass is 10.2. The van der Waals surface area contributed by atoms with E-state index in [0.717, 1.165) is 5.56 Å². The third-order valence-electron chi connectivity index (χ3n) is 2.39. The van der Waals surface area contributed by atoms with Crippen LogP contribution in [0.25, 0.3) is 12.2 Å². The summed E-state index contributed by atoms with van der Waals surface area (Å²) in [5.41, 5.74) is 1.65. The van der Waals surface area contributed by atoms with Crippen LogP contribution in [0.2, 0.25) is 0 Å². The molecule has 0 spiro atoms. The smallest absolute Gasteiger partial charge is 0.346 e. The fourth-order valence-corrected chi connectivity index (χ4v) is 1.52. The molecule has 0 aliphatic rings. The van der Waals surface area contributed by atoms with Gasteiger partial charge in [0.15, 0.2) is 6.54 Å². The Morgan fingerprint density at radius 2 is 2.11 bits per heavy atom. The van der Waals surface area contributed by atoms with Crippen LogP contribution >= 0.6 is 0 Å². The van der Waals surface area contributed by atoms with Crippen LogP contribution in [-0.4, -0.2) is 5.27 Å². The Morgan fingerprint density at radius 1 is 1.33 bits per heavy atom. The molecule has 0 amide bonds. The summed E-state index contributed by atoms with van der Waals surface area (Å²) in [7, 11) is 0. The molecule has 1 aromatic carbocycles. The largest absolute Gasteiger partial charge is 0.775 e. The van der Waals surface area contributed by atoms with Crippen LogP contribution in [0.4, 0.5) is 5.88 Å². The molecule has 0 bridgehead atoms. The van der Waals surface area contributed by atoms with Crippen LogP contribution in [0, 0.1) is 5.21 Å². The quantitative estimate of drug-likeness (QED) is 0.471. The number of hydrogen-bond donors (Lipinski definition) is 0. The number of benzene rings is 1. The monoisotopic (exact) mass is 244 g/mol. The average Bonchev–Trinajstić information content (AvgIpc) is 2.80. The Bertz CT molecular complexity index is 561. The Kier molecular flexibility index (Phi) is 3.80. The van der Waals surface area contributed by atoms with Gasteiger partial charge in [-0.2, -0.15) is 0 Å². The molecule has 0 fully saturated rings. The first-order valence-electron chi connectivity index (χ1n) is 5.51. The summed E-state index contributed by atoms with van der Waals surface area (Å²) >= 11 is 0. The average molecular weight is 244 g/mol. The van der Waals surface area contributed by atoms with Gasteiger partial charge < -0.3 is 5.21 Å². The van der Waals surface area contributed by atoms with E-state index in [1.165, 1.54) is 0 Å². The van der Waals surface area contributed by atoms with Crippen molar-refractivity contribution in [3.63, 3.8) is 0 Å². The van der Waals surface area contributed by atoms with E-state index in [9.17, 15) is 5.21 Å². The highest BCUT2D eigenvalue weighted by Crippen LogP contribution is 2.17. The van der Waals surface area contributed by atoms with Crippen LogP contribution < -0.4 is 4.68 Å². The minimum absolute atomic E-state index is 0.110. The van der Waals surface area contributed by atoms with Crippen molar-refractivity contribution in [3.05, 3.63) is 46.8 Å². The zero-order valence-electron chi connectivity index (χ0n) is 9.85. The molecule has 0 atom stereocenters. The van der Waals surface area contributed by atoms with Gasteiger partial charge in [-0.3, -0.25) is 4.52 Å². The van der Waals surface area contributed by atoms with Gasteiger partial charge in [0.25, 0.3) is 0 Å². The summed E-state index contributed by atoms with van der Waals surface area (Å²) in [6.07, 6.45) is 3.68. The van der Waals surface area contributed by atoms with Crippen LogP contribution in [0.5, 0.6) is 0 Å². The Morgan fingerprint density at radius 3 is 2.78 bits per heavy atom. The van der Waals surface area contributed by atoms with Crippen LogP contribution in [0.15, 0.2) is 45.2 Å². The zero-order chi connectivity index (χ0) is 12.8. The maximum absolute atomic E-state index is 10.2. The Hall–Kier alpha value is -2.50. The van der Waals surface area contributed by atoms with Gasteiger partial charge in [0.1, 0.15) is 0 Å². The van der Waals surface area contributed by atoms with Crippen LogP contribution in [-0.2, 0) is 6.54 Å². The first-order valence-corrected chi connectivity index (χ1v) is 5.51. The SMILES string of the molecule is CC[n+]1noc(/N=N/[O-])c1/C=C/c1ccccc1. The molecule has 92 valence electrons. The van der Waals surface area contributed by atoms with E-state index >= 15 is 0 Å². The zero-order valence-corrected chi connectivity index (χ0v) is 9.85. The second-order valence-electron chi connectivity index (χ2n) is 3.50. The highest BCUT2D eigenvalue weighted by Gasteiger charge is 2.20. The van der Waals surface area contributed by atoms with Crippen molar-refractivity contribution in [2.45, 2.75) is 13.5 Å². The number of hydrogen-bond acceptors (Lipinski definition) is 5. The molecular formula is C12H12N4O2. The summed E-state index contributed by atoms with van der Waals surface area (Å²) in [6.45, 7) is 2.53. The second-order valence-corrected chi connectivity index (χ2v) is 3.50. The fourth-order valence-electron chi connectivity index (χ4n) is 1.52.